The van der Waals surface area contributed by atoms with Crippen LogP contribution in [0.5, 0.6) is 5.75 Å². The van der Waals surface area contributed by atoms with Gasteiger partial charge in [-0.25, -0.2) is 8.42 Å². The Morgan fingerprint density at radius 1 is 1.42 bits per heavy atom. The molecule has 11 heteroatoms. The molecule has 0 aliphatic carbocycles. The number of alkyl halides is 3. The summed E-state index contributed by atoms with van der Waals surface area (Å²) in [7, 11) is -2.64. The maximum Gasteiger partial charge on any atom is 0.471 e. The Morgan fingerprint density at radius 3 is 2.67 bits per heavy atom. The van der Waals surface area contributed by atoms with Crippen molar-refractivity contribution in [2.24, 2.45) is 0 Å². The summed E-state index contributed by atoms with van der Waals surface area (Å²) in [6.07, 6.45) is -4.91. The number of rotatable bonds is 4. The molecule has 1 saturated heterocycles. The summed E-state index contributed by atoms with van der Waals surface area (Å²) in [5.41, 5.74) is 0. The van der Waals surface area contributed by atoms with E-state index in [9.17, 15) is 26.4 Å². The van der Waals surface area contributed by atoms with E-state index in [1.54, 1.807) is 11.4 Å². The Balaban J connectivity index is 2.18. The van der Waals surface area contributed by atoms with Gasteiger partial charge in [-0.3, -0.25) is 4.79 Å². The van der Waals surface area contributed by atoms with Crippen LogP contribution in [0.2, 0.25) is 0 Å². The molecule has 0 saturated carbocycles. The highest BCUT2D eigenvalue weighted by atomic mass is 79.9. The van der Waals surface area contributed by atoms with Crippen LogP contribution in [0.1, 0.15) is 6.42 Å². The second kappa shape index (κ2) is 6.89. The van der Waals surface area contributed by atoms with Gasteiger partial charge in [0.1, 0.15) is 10.6 Å². The Kier molecular flexibility index (Phi) is 5.45. The maximum absolute atomic E-state index is 12.7. The van der Waals surface area contributed by atoms with Gasteiger partial charge >= 0.3 is 12.1 Å². The minimum absolute atomic E-state index is 0.000798. The zero-order valence-corrected chi connectivity index (χ0v) is 14.8. The van der Waals surface area contributed by atoms with Crippen molar-refractivity contribution < 1.29 is 31.1 Å². The minimum Gasteiger partial charge on any atom is -0.495 e. The largest absolute Gasteiger partial charge is 0.495 e. The third-order valence-corrected chi connectivity index (χ3v) is 5.87. The molecule has 1 unspecified atom stereocenters. The molecular formula is C13H14BrF3N2O4S. The topological polar surface area (TPSA) is 75.7 Å². The van der Waals surface area contributed by atoms with Crippen LogP contribution < -0.4 is 10.1 Å². The number of sulfonamides is 1. The Hall–Kier alpha value is -1.33. The highest BCUT2D eigenvalue weighted by Crippen LogP contribution is 2.31. The fraction of sp³-hybridized carbons (Fsp3) is 0.462. The fourth-order valence-corrected chi connectivity index (χ4v) is 4.52. The molecule has 1 fully saturated rings. The molecule has 1 amide bonds. The molecule has 1 atom stereocenters. The van der Waals surface area contributed by atoms with E-state index in [4.69, 9.17) is 4.74 Å². The number of halogens is 4. The molecule has 1 aromatic rings. The molecule has 134 valence electrons. The number of benzene rings is 1. The first-order chi connectivity index (χ1) is 11.1. The summed E-state index contributed by atoms with van der Waals surface area (Å²) in [6.45, 7) is -0.235. The van der Waals surface area contributed by atoms with Crippen LogP contribution in [-0.4, -0.2) is 51.0 Å². The first-order valence-electron chi connectivity index (χ1n) is 6.77. The summed E-state index contributed by atoms with van der Waals surface area (Å²) >= 11 is 3.17. The normalized spacial score (nSPS) is 19.3. The molecular weight excluding hydrogens is 417 g/mol. The number of ether oxygens (including phenoxy) is 1. The smallest absolute Gasteiger partial charge is 0.471 e. The van der Waals surface area contributed by atoms with Gasteiger partial charge in [-0.1, -0.05) is 15.9 Å². The van der Waals surface area contributed by atoms with Gasteiger partial charge in [-0.05, 0) is 24.6 Å². The van der Waals surface area contributed by atoms with Gasteiger partial charge in [-0.2, -0.15) is 17.5 Å². The van der Waals surface area contributed by atoms with E-state index in [1.807, 2.05) is 0 Å². The van der Waals surface area contributed by atoms with Crippen molar-refractivity contribution in [1.29, 1.82) is 0 Å². The summed E-state index contributed by atoms with van der Waals surface area (Å²) < 4.78 is 68.8. The highest BCUT2D eigenvalue weighted by molar-refractivity contribution is 9.10. The van der Waals surface area contributed by atoms with Gasteiger partial charge in [0.2, 0.25) is 10.0 Å². The van der Waals surface area contributed by atoms with Crippen LogP contribution in [-0.2, 0) is 14.8 Å². The molecule has 24 heavy (non-hydrogen) atoms. The van der Waals surface area contributed by atoms with Crippen LogP contribution in [0, 0.1) is 0 Å². The van der Waals surface area contributed by atoms with E-state index in [2.05, 4.69) is 15.9 Å². The number of methoxy groups -OCH3 is 1. The third kappa shape index (κ3) is 4.01. The third-order valence-electron chi connectivity index (χ3n) is 3.49. The van der Waals surface area contributed by atoms with Gasteiger partial charge in [0, 0.05) is 23.6 Å². The monoisotopic (exact) mass is 430 g/mol. The van der Waals surface area contributed by atoms with Crippen molar-refractivity contribution in [3.8, 4) is 5.75 Å². The van der Waals surface area contributed by atoms with Crippen molar-refractivity contribution in [2.75, 3.05) is 20.2 Å². The lowest BCUT2D eigenvalue weighted by Crippen LogP contribution is -2.44. The minimum atomic E-state index is -5.00. The van der Waals surface area contributed by atoms with Crippen molar-refractivity contribution in [3.05, 3.63) is 22.7 Å². The lowest BCUT2D eigenvalue weighted by molar-refractivity contribution is -0.174. The van der Waals surface area contributed by atoms with Gasteiger partial charge < -0.3 is 10.1 Å². The van der Waals surface area contributed by atoms with Crippen LogP contribution in [0.4, 0.5) is 13.2 Å². The second-order valence-electron chi connectivity index (χ2n) is 5.12. The van der Waals surface area contributed by atoms with Gasteiger partial charge in [-0.15, -0.1) is 0 Å². The number of hydrogen-bond acceptors (Lipinski definition) is 4. The second-order valence-corrected chi connectivity index (χ2v) is 7.94. The maximum atomic E-state index is 12.7. The molecule has 1 N–H and O–H groups in total. The molecule has 0 aromatic heterocycles. The van der Waals surface area contributed by atoms with Crippen LogP contribution in [0.3, 0.4) is 0 Å². The van der Waals surface area contributed by atoms with Crippen molar-refractivity contribution >= 4 is 31.9 Å². The standard InChI is InChI=1S/C13H14BrF3N2O4S/c1-23-10-3-2-8(14)6-11(10)24(21,22)19-5-4-9(7-19)18-12(20)13(15,16)17/h2-3,6,9H,4-5,7H2,1H3,(H,18,20). The predicted molar refractivity (Wildman–Crippen MR) is 82.1 cm³/mol. The first-order valence-corrected chi connectivity index (χ1v) is 9.00. The molecule has 1 aromatic carbocycles. The number of hydrogen-bond donors (Lipinski definition) is 1. The summed E-state index contributed by atoms with van der Waals surface area (Å²) in [5, 5.41) is 1.80. The molecule has 1 heterocycles. The zero-order valence-electron chi connectivity index (χ0n) is 12.4. The average Bonchev–Trinajstić information content (AvgIpc) is 2.95. The predicted octanol–water partition coefficient (Wildman–Crippen LogP) is 1.90. The Labute approximate surface area is 145 Å². The lowest BCUT2D eigenvalue weighted by atomic mass is 10.2. The van der Waals surface area contributed by atoms with Gasteiger partial charge in [0.05, 0.1) is 7.11 Å². The number of carbonyl (C=O) groups is 1. The van der Waals surface area contributed by atoms with Crippen LogP contribution in [0.25, 0.3) is 0 Å². The first kappa shape index (κ1) is 19.0. The number of nitrogens with zero attached hydrogens (tertiary/aromatic N) is 1. The average molecular weight is 431 g/mol. The quantitative estimate of drug-likeness (QED) is 0.791. The van der Waals surface area contributed by atoms with Crippen molar-refractivity contribution in [3.63, 3.8) is 0 Å². The van der Waals surface area contributed by atoms with Crippen molar-refractivity contribution in [1.82, 2.24) is 9.62 Å². The molecule has 2 rings (SSSR count). The molecule has 0 bridgehead atoms. The van der Waals surface area contributed by atoms with E-state index in [0.717, 1.165) is 4.31 Å². The number of amides is 1. The van der Waals surface area contributed by atoms with Crippen LogP contribution in [0.15, 0.2) is 27.6 Å². The summed E-state index contributed by atoms with van der Waals surface area (Å²) in [5.74, 6) is -1.95. The van der Waals surface area contributed by atoms with E-state index >= 15 is 0 Å². The highest BCUT2D eigenvalue weighted by Gasteiger charge is 2.42. The van der Waals surface area contributed by atoms with Crippen molar-refractivity contribution in [2.45, 2.75) is 23.5 Å². The summed E-state index contributed by atoms with van der Waals surface area (Å²) in [6, 6.07) is 3.53. The number of nitrogens with one attached hydrogen (secondary N) is 1. The van der Waals surface area contributed by atoms with Gasteiger partial charge in [0.25, 0.3) is 0 Å². The molecule has 6 nitrogen and oxygen atoms in total. The Morgan fingerprint density at radius 2 is 2.08 bits per heavy atom. The molecule has 1 aliphatic rings. The van der Waals surface area contributed by atoms with E-state index < -0.39 is 28.1 Å². The van der Waals surface area contributed by atoms with Gasteiger partial charge in [0.15, 0.2) is 0 Å². The van der Waals surface area contributed by atoms with Crippen LogP contribution >= 0.6 is 15.9 Å². The number of carbonyl (C=O) groups excluding carboxylic acids is 1. The molecule has 0 spiro atoms. The van der Waals surface area contributed by atoms with E-state index in [-0.39, 0.29) is 30.2 Å². The lowest BCUT2D eigenvalue weighted by Gasteiger charge is -2.19. The molecule has 1 aliphatic heterocycles. The van der Waals surface area contributed by atoms with E-state index in [1.165, 1.54) is 19.2 Å². The SMILES string of the molecule is COc1ccc(Br)cc1S(=O)(=O)N1CCC(NC(=O)C(F)(F)F)C1. The van der Waals surface area contributed by atoms with E-state index in [0.29, 0.717) is 4.47 Å². The summed E-state index contributed by atoms with van der Waals surface area (Å²) in [4.78, 5) is 10.9. The Bertz CT molecular complexity index is 739. The fourth-order valence-electron chi connectivity index (χ4n) is 2.32. The zero-order chi connectivity index (χ0) is 18.1. The molecule has 0 radical (unpaired) electrons.